The summed E-state index contributed by atoms with van der Waals surface area (Å²) in [7, 11) is 1.61. The number of carbonyl (C=O) groups is 2. The highest BCUT2D eigenvalue weighted by Crippen LogP contribution is 2.19. The summed E-state index contributed by atoms with van der Waals surface area (Å²) in [5.41, 5.74) is 0.950. The number of nitrogens with zero attached hydrogens (tertiary/aromatic N) is 2. The first-order chi connectivity index (χ1) is 12.9. The lowest BCUT2D eigenvalue weighted by Gasteiger charge is -2.17. The van der Waals surface area contributed by atoms with Crippen molar-refractivity contribution in [3.8, 4) is 0 Å². The summed E-state index contributed by atoms with van der Waals surface area (Å²) in [6.45, 7) is 0.149. The SMILES string of the molecule is CN(Cc1cc(Br)ccc1F)C(=O)Cc1csc(NC(=O)c2ccco2)n1. The van der Waals surface area contributed by atoms with Crippen LogP contribution in [0.25, 0.3) is 0 Å². The minimum absolute atomic E-state index is 0.0548. The molecule has 2 amide bonds. The Hall–Kier alpha value is -2.52. The van der Waals surface area contributed by atoms with Gasteiger partial charge in [-0.1, -0.05) is 15.9 Å². The molecule has 6 nitrogen and oxygen atoms in total. The molecule has 0 aliphatic rings. The number of halogens is 2. The van der Waals surface area contributed by atoms with Gasteiger partial charge in [-0.25, -0.2) is 9.37 Å². The lowest BCUT2D eigenvalue weighted by atomic mass is 10.2. The van der Waals surface area contributed by atoms with E-state index in [1.165, 1.54) is 28.6 Å². The number of aromatic nitrogens is 1. The third-order valence-corrected chi connectivity index (χ3v) is 4.99. The Bertz CT molecular complexity index is 959. The van der Waals surface area contributed by atoms with Crippen LogP contribution in [0.1, 0.15) is 21.8 Å². The lowest BCUT2D eigenvalue weighted by Crippen LogP contribution is -2.28. The number of carbonyl (C=O) groups excluding carboxylic acids is 2. The normalized spacial score (nSPS) is 10.6. The zero-order valence-electron chi connectivity index (χ0n) is 14.2. The Morgan fingerprint density at radius 1 is 1.37 bits per heavy atom. The molecule has 2 heterocycles. The average Bonchev–Trinajstić information content (AvgIpc) is 3.30. The largest absolute Gasteiger partial charge is 0.459 e. The highest BCUT2D eigenvalue weighted by Gasteiger charge is 2.16. The van der Waals surface area contributed by atoms with Gasteiger partial charge in [0.25, 0.3) is 5.91 Å². The molecule has 0 unspecified atom stereocenters. The lowest BCUT2D eigenvalue weighted by molar-refractivity contribution is -0.129. The highest BCUT2D eigenvalue weighted by atomic mass is 79.9. The second kappa shape index (κ2) is 8.45. The predicted octanol–water partition coefficient (Wildman–Crippen LogP) is 4.09. The molecule has 27 heavy (non-hydrogen) atoms. The van der Waals surface area contributed by atoms with Crippen molar-refractivity contribution in [2.24, 2.45) is 0 Å². The molecule has 2 aromatic heterocycles. The van der Waals surface area contributed by atoms with Crippen molar-refractivity contribution < 1.29 is 18.4 Å². The standard InChI is InChI=1S/C18H15BrFN3O3S/c1-23(9-11-7-12(19)4-5-14(11)20)16(24)8-13-10-27-18(21-13)22-17(25)15-3-2-6-26-15/h2-7,10H,8-9H2,1H3,(H,21,22,25). The molecule has 0 spiro atoms. The summed E-state index contributed by atoms with van der Waals surface area (Å²) in [6.07, 6.45) is 1.46. The molecule has 0 aliphatic heterocycles. The third-order valence-electron chi connectivity index (χ3n) is 3.69. The smallest absolute Gasteiger partial charge is 0.293 e. The van der Waals surface area contributed by atoms with Crippen LogP contribution in [0, 0.1) is 5.82 Å². The number of benzene rings is 1. The van der Waals surface area contributed by atoms with Gasteiger partial charge in [0, 0.05) is 29.0 Å². The summed E-state index contributed by atoms with van der Waals surface area (Å²) >= 11 is 4.51. The molecular weight excluding hydrogens is 437 g/mol. The van der Waals surface area contributed by atoms with E-state index in [0.717, 1.165) is 4.47 Å². The van der Waals surface area contributed by atoms with Gasteiger partial charge >= 0.3 is 0 Å². The first-order valence-corrected chi connectivity index (χ1v) is 9.57. The minimum Gasteiger partial charge on any atom is -0.459 e. The van der Waals surface area contributed by atoms with Crippen LogP contribution in [0.2, 0.25) is 0 Å². The first-order valence-electron chi connectivity index (χ1n) is 7.89. The average molecular weight is 452 g/mol. The second-order valence-electron chi connectivity index (χ2n) is 5.74. The van der Waals surface area contributed by atoms with Crippen molar-refractivity contribution in [3.63, 3.8) is 0 Å². The number of likely N-dealkylation sites (N-methyl/N-ethyl adjacent to an activating group) is 1. The van der Waals surface area contributed by atoms with Crippen LogP contribution in [0.3, 0.4) is 0 Å². The fraction of sp³-hybridized carbons (Fsp3) is 0.167. The van der Waals surface area contributed by atoms with E-state index in [1.807, 2.05) is 0 Å². The quantitative estimate of drug-likeness (QED) is 0.612. The van der Waals surface area contributed by atoms with Gasteiger partial charge in [0.15, 0.2) is 10.9 Å². The van der Waals surface area contributed by atoms with E-state index in [0.29, 0.717) is 16.4 Å². The van der Waals surface area contributed by atoms with Crippen molar-refractivity contribution in [2.45, 2.75) is 13.0 Å². The summed E-state index contributed by atoms with van der Waals surface area (Å²) in [4.78, 5) is 30.0. The number of thiazole rings is 1. The highest BCUT2D eigenvalue weighted by molar-refractivity contribution is 9.10. The van der Waals surface area contributed by atoms with Gasteiger partial charge in [-0.05, 0) is 30.3 Å². The molecule has 3 rings (SSSR count). The number of hydrogen-bond acceptors (Lipinski definition) is 5. The van der Waals surface area contributed by atoms with E-state index in [4.69, 9.17) is 4.42 Å². The van der Waals surface area contributed by atoms with E-state index < -0.39 is 5.91 Å². The number of amides is 2. The molecule has 140 valence electrons. The van der Waals surface area contributed by atoms with Gasteiger partial charge in [0.1, 0.15) is 5.82 Å². The fourth-order valence-electron chi connectivity index (χ4n) is 2.31. The topological polar surface area (TPSA) is 75.4 Å². The maximum atomic E-state index is 13.8. The Morgan fingerprint density at radius 3 is 2.93 bits per heavy atom. The van der Waals surface area contributed by atoms with Crippen molar-refractivity contribution in [3.05, 3.63) is 69.3 Å². The molecule has 1 aromatic carbocycles. The van der Waals surface area contributed by atoms with E-state index in [1.54, 1.807) is 36.7 Å². The van der Waals surface area contributed by atoms with Crippen LogP contribution in [0.15, 0.2) is 50.9 Å². The Morgan fingerprint density at radius 2 is 2.19 bits per heavy atom. The van der Waals surface area contributed by atoms with Crippen LogP contribution in [-0.4, -0.2) is 28.7 Å². The Balaban J connectivity index is 1.58. The zero-order valence-corrected chi connectivity index (χ0v) is 16.6. The van der Waals surface area contributed by atoms with Gasteiger partial charge in [-0.15, -0.1) is 11.3 Å². The molecule has 3 aromatic rings. The number of hydrogen-bond donors (Lipinski definition) is 1. The molecule has 0 saturated carbocycles. The van der Waals surface area contributed by atoms with Crippen LogP contribution >= 0.6 is 27.3 Å². The molecule has 1 N–H and O–H groups in total. The number of rotatable bonds is 6. The molecule has 0 atom stereocenters. The van der Waals surface area contributed by atoms with E-state index in [2.05, 4.69) is 26.2 Å². The van der Waals surface area contributed by atoms with E-state index >= 15 is 0 Å². The van der Waals surface area contributed by atoms with Gasteiger partial charge in [0.05, 0.1) is 18.4 Å². The fourth-order valence-corrected chi connectivity index (χ4v) is 3.42. The number of nitrogens with one attached hydrogen (secondary N) is 1. The van der Waals surface area contributed by atoms with Crippen LogP contribution in [0.5, 0.6) is 0 Å². The summed E-state index contributed by atoms with van der Waals surface area (Å²) < 4.78 is 19.6. The first kappa shape index (κ1) is 19.2. The van der Waals surface area contributed by atoms with Crippen molar-refractivity contribution in [1.29, 1.82) is 0 Å². The summed E-state index contributed by atoms with van der Waals surface area (Å²) in [5, 5.41) is 4.69. The predicted molar refractivity (Wildman–Crippen MR) is 103 cm³/mol. The van der Waals surface area contributed by atoms with E-state index in [9.17, 15) is 14.0 Å². The van der Waals surface area contributed by atoms with Gasteiger partial charge in [-0.2, -0.15) is 0 Å². The van der Waals surface area contributed by atoms with Gasteiger partial charge < -0.3 is 9.32 Å². The maximum Gasteiger partial charge on any atom is 0.293 e. The second-order valence-corrected chi connectivity index (χ2v) is 7.51. The van der Waals surface area contributed by atoms with Crippen molar-refractivity contribution in [2.75, 3.05) is 12.4 Å². The Kier molecular flexibility index (Phi) is 6.02. The van der Waals surface area contributed by atoms with Gasteiger partial charge in [0.2, 0.25) is 5.91 Å². The summed E-state index contributed by atoms with van der Waals surface area (Å²) in [5.74, 6) is -0.800. The molecule has 0 radical (unpaired) electrons. The summed E-state index contributed by atoms with van der Waals surface area (Å²) in [6, 6.07) is 7.76. The molecule has 0 fully saturated rings. The molecule has 0 saturated heterocycles. The van der Waals surface area contributed by atoms with Crippen molar-refractivity contribution in [1.82, 2.24) is 9.88 Å². The maximum absolute atomic E-state index is 13.8. The van der Waals surface area contributed by atoms with E-state index in [-0.39, 0.29) is 30.5 Å². The van der Waals surface area contributed by atoms with Crippen LogP contribution in [-0.2, 0) is 17.8 Å². The van der Waals surface area contributed by atoms with Crippen LogP contribution < -0.4 is 5.32 Å². The third kappa shape index (κ3) is 5.01. The zero-order chi connectivity index (χ0) is 19.4. The number of furan rings is 1. The van der Waals surface area contributed by atoms with Gasteiger partial charge in [-0.3, -0.25) is 14.9 Å². The monoisotopic (exact) mass is 451 g/mol. The molecular formula is C18H15BrFN3O3S. The Labute approximate surface area is 167 Å². The molecule has 9 heteroatoms. The number of anilines is 1. The molecule has 0 bridgehead atoms. The minimum atomic E-state index is -0.408. The van der Waals surface area contributed by atoms with Crippen molar-refractivity contribution >= 4 is 44.2 Å². The molecule has 0 aliphatic carbocycles. The van der Waals surface area contributed by atoms with Crippen LogP contribution in [0.4, 0.5) is 9.52 Å².